The van der Waals surface area contributed by atoms with Gasteiger partial charge in [-0.15, -0.1) is 0 Å². The van der Waals surface area contributed by atoms with Crippen molar-refractivity contribution in [2.45, 2.75) is 20.5 Å². The number of hydrogen-bond donors (Lipinski definition) is 1. The fourth-order valence-electron chi connectivity index (χ4n) is 1.48. The van der Waals surface area contributed by atoms with E-state index in [1.165, 1.54) is 6.07 Å². The molecule has 0 saturated heterocycles. The Balaban J connectivity index is 0.000000200. The second-order valence-corrected chi connectivity index (χ2v) is 4.92. The highest BCUT2D eigenvalue weighted by Crippen LogP contribution is 2.11. The summed E-state index contributed by atoms with van der Waals surface area (Å²) in [5.74, 6) is 0. The molecule has 0 unspecified atom stereocenters. The first-order valence-corrected chi connectivity index (χ1v) is 6.53. The molecule has 0 bridgehead atoms. The number of carbonyl (C=O) groups excluding carboxylic acids is 1. The number of aryl methyl sites for hydroxylation is 2. The highest BCUT2D eigenvalue weighted by Gasteiger charge is 1.95. The van der Waals surface area contributed by atoms with Gasteiger partial charge in [0.15, 0.2) is 6.29 Å². The first kappa shape index (κ1) is 16.6. The van der Waals surface area contributed by atoms with Gasteiger partial charge in [0, 0.05) is 21.4 Å². The zero-order valence-corrected chi connectivity index (χ0v) is 12.6. The molecule has 2 rings (SSSR count). The van der Waals surface area contributed by atoms with Crippen molar-refractivity contribution < 1.29 is 9.90 Å². The number of rotatable bonds is 2. The van der Waals surface area contributed by atoms with Crippen LogP contribution in [-0.4, -0.2) is 21.4 Å². The quantitative estimate of drug-likeness (QED) is 0.863. The Hall–Kier alpha value is -1.49. The summed E-state index contributed by atoms with van der Waals surface area (Å²) < 4.78 is 0. The highest BCUT2D eigenvalue weighted by molar-refractivity contribution is 6.31. The largest absolute Gasteiger partial charge is 0.390 e. The van der Waals surface area contributed by atoms with E-state index in [4.69, 9.17) is 28.3 Å². The number of hydrogen-bond acceptors (Lipinski definition) is 4. The van der Waals surface area contributed by atoms with Crippen molar-refractivity contribution in [2.75, 3.05) is 0 Å². The van der Waals surface area contributed by atoms with Crippen molar-refractivity contribution in [2.24, 2.45) is 0 Å². The van der Waals surface area contributed by atoms with Gasteiger partial charge in [-0.2, -0.15) is 0 Å². The maximum absolute atomic E-state index is 10.2. The Morgan fingerprint density at radius 1 is 1.05 bits per heavy atom. The van der Waals surface area contributed by atoms with Gasteiger partial charge in [0.25, 0.3) is 0 Å². The van der Waals surface area contributed by atoms with Crippen molar-refractivity contribution in [3.05, 3.63) is 57.1 Å². The van der Waals surface area contributed by atoms with E-state index in [-0.39, 0.29) is 6.61 Å². The molecule has 20 heavy (non-hydrogen) atoms. The average Bonchev–Trinajstić information content (AvgIpc) is 2.37. The topological polar surface area (TPSA) is 63.1 Å². The molecule has 0 aliphatic heterocycles. The molecule has 2 heterocycles. The van der Waals surface area contributed by atoms with Crippen LogP contribution in [0.2, 0.25) is 10.0 Å². The zero-order chi connectivity index (χ0) is 15.1. The predicted octanol–water partition coefficient (Wildman–Crippen LogP) is 3.39. The molecule has 0 fully saturated rings. The van der Waals surface area contributed by atoms with Crippen LogP contribution in [0.15, 0.2) is 24.3 Å². The van der Waals surface area contributed by atoms with E-state index in [2.05, 4.69) is 9.97 Å². The van der Waals surface area contributed by atoms with Crippen LogP contribution < -0.4 is 0 Å². The highest BCUT2D eigenvalue weighted by atomic mass is 35.5. The number of pyridine rings is 2. The van der Waals surface area contributed by atoms with E-state index in [0.29, 0.717) is 27.7 Å². The molecular weight excluding hydrogens is 299 g/mol. The van der Waals surface area contributed by atoms with Gasteiger partial charge in [0.2, 0.25) is 0 Å². The van der Waals surface area contributed by atoms with Gasteiger partial charge in [0.05, 0.1) is 12.3 Å². The Bertz CT molecular complexity index is 563. The molecule has 0 spiro atoms. The molecule has 0 aliphatic carbocycles. The van der Waals surface area contributed by atoms with Crippen LogP contribution in [-0.2, 0) is 6.61 Å². The predicted molar refractivity (Wildman–Crippen MR) is 79.3 cm³/mol. The number of nitrogens with zero attached hydrogens (tertiary/aromatic N) is 2. The number of aliphatic hydroxyl groups excluding tert-OH is 1. The normalized spacial score (nSPS) is 9.65. The van der Waals surface area contributed by atoms with Crippen LogP contribution in [0.3, 0.4) is 0 Å². The van der Waals surface area contributed by atoms with Crippen LogP contribution in [0.25, 0.3) is 0 Å². The molecule has 2 aromatic heterocycles. The van der Waals surface area contributed by atoms with Crippen LogP contribution in [0.1, 0.15) is 27.6 Å². The lowest BCUT2D eigenvalue weighted by Gasteiger charge is -1.97. The lowest BCUT2D eigenvalue weighted by Crippen LogP contribution is -1.90. The van der Waals surface area contributed by atoms with Crippen LogP contribution >= 0.6 is 23.2 Å². The molecule has 1 N–H and O–H groups in total. The molecule has 4 nitrogen and oxygen atoms in total. The van der Waals surface area contributed by atoms with Crippen molar-refractivity contribution >= 4 is 29.5 Å². The van der Waals surface area contributed by atoms with E-state index in [1.54, 1.807) is 25.1 Å². The van der Waals surface area contributed by atoms with E-state index in [9.17, 15) is 4.79 Å². The summed E-state index contributed by atoms with van der Waals surface area (Å²) >= 11 is 11.3. The second kappa shape index (κ2) is 7.94. The molecule has 0 amide bonds. The van der Waals surface area contributed by atoms with Crippen molar-refractivity contribution in [1.29, 1.82) is 0 Å². The molecule has 6 heteroatoms. The Labute approximate surface area is 127 Å². The molecule has 0 aromatic carbocycles. The number of aldehydes is 1. The lowest BCUT2D eigenvalue weighted by molar-refractivity contribution is 0.111. The van der Waals surface area contributed by atoms with Crippen molar-refractivity contribution in [1.82, 2.24) is 9.97 Å². The van der Waals surface area contributed by atoms with E-state index >= 15 is 0 Å². The van der Waals surface area contributed by atoms with Gasteiger partial charge in [-0.25, -0.2) is 0 Å². The van der Waals surface area contributed by atoms with Crippen LogP contribution in [0, 0.1) is 13.8 Å². The summed E-state index contributed by atoms with van der Waals surface area (Å²) in [5.41, 5.74) is 2.58. The summed E-state index contributed by atoms with van der Waals surface area (Å²) in [6, 6.07) is 6.63. The molecule has 0 aliphatic rings. The van der Waals surface area contributed by atoms with Crippen molar-refractivity contribution in [3.63, 3.8) is 0 Å². The van der Waals surface area contributed by atoms with Gasteiger partial charge in [-0.1, -0.05) is 23.2 Å². The van der Waals surface area contributed by atoms with Gasteiger partial charge >= 0.3 is 0 Å². The van der Waals surface area contributed by atoms with Crippen LogP contribution in [0.4, 0.5) is 0 Å². The van der Waals surface area contributed by atoms with E-state index in [0.717, 1.165) is 11.4 Å². The Kier molecular flexibility index (Phi) is 6.58. The van der Waals surface area contributed by atoms with Crippen molar-refractivity contribution in [3.8, 4) is 0 Å². The smallest absolute Gasteiger partial charge is 0.168 e. The summed E-state index contributed by atoms with van der Waals surface area (Å²) in [6.45, 7) is 3.57. The fourth-order valence-corrected chi connectivity index (χ4v) is 2.04. The van der Waals surface area contributed by atoms with E-state index < -0.39 is 0 Å². The average molecular weight is 313 g/mol. The number of aromatic nitrogens is 2. The Morgan fingerprint density at radius 2 is 1.60 bits per heavy atom. The van der Waals surface area contributed by atoms with Crippen LogP contribution in [0.5, 0.6) is 0 Å². The zero-order valence-electron chi connectivity index (χ0n) is 11.1. The molecule has 106 valence electrons. The third-order valence-electron chi connectivity index (χ3n) is 2.19. The summed E-state index contributed by atoms with van der Waals surface area (Å²) in [7, 11) is 0. The first-order valence-electron chi connectivity index (χ1n) is 5.78. The Morgan fingerprint density at radius 3 is 2.05 bits per heavy atom. The monoisotopic (exact) mass is 312 g/mol. The summed E-state index contributed by atoms with van der Waals surface area (Å²) in [6.07, 6.45) is 0.679. The fraction of sp³-hybridized carbons (Fsp3) is 0.214. The first-order chi connectivity index (χ1) is 9.44. The number of carbonyl (C=O) groups is 1. The number of aliphatic hydroxyl groups is 1. The third kappa shape index (κ3) is 5.65. The van der Waals surface area contributed by atoms with Gasteiger partial charge in [-0.05, 0) is 38.1 Å². The molecule has 0 atom stereocenters. The summed E-state index contributed by atoms with van der Waals surface area (Å²) in [5, 5.41) is 9.84. The van der Waals surface area contributed by atoms with E-state index in [1.807, 2.05) is 6.92 Å². The minimum Gasteiger partial charge on any atom is -0.390 e. The maximum Gasteiger partial charge on any atom is 0.168 e. The maximum atomic E-state index is 10.2. The minimum atomic E-state index is -0.0542. The van der Waals surface area contributed by atoms with Gasteiger partial charge in [-0.3, -0.25) is 14.8 Å². The SMILES string of the molecule is Cc1cc(Cl)cc(C=O)n1.Cc1cc(Cl)cc(CO)n1. The lowest BCUT2D eigenvalue weighted by atomic mass is 10.3. The third-order valence-corrected chi connectivity index (χ3v) is 2.63. The molecule has 0 saturated carbocycles. The minimum absolute atomic E-state index is 0.0542. The molecule has 0 radical (unpaired) electrons. The number of halogens is 2. The molecule has 2 aromatic rings. The summed E-state index contributed by atoms with van der Waals surface area (Å²) in [4.78, 5) is 18.1. The second-order valence-electron chi connectivity index (χ2n) is 4.05. The van der Waals surface area contributed by atoms with Gasteiger partial charge < -0.3 is 5.11 Å². The molecular formula is C14H14Cl2N2O2. The van der Waals surface area contributed by atoms with Gasteiger partial charge in [0.1, 0.15) is 5.69 Å². The standard InChI is InChI=1S/C7H8ClNO.C7H6ClNO/c2*1-5-2-6(8)3-7(4-10)9-5/h2-3,10H,4H2,1H3;2-4H,1H3.